The molecule has 0 fully saturated rings. The van der Waals surface area contributed by atoms with Gasteiger partial charge in [0, 0.05) is 32.8 Å². The van der Waals surface area contributed by atoms with Gasteiger partial charge in [0.2, 0.25) is 0 Å². The topological polar surface area (TPSA) is 33.7 Å². The van der Waals surface area contributed by atoms with Gasteiger partial charge in [-0.15, -0.1) is 0 Å². The Morgan fingerprint density at radius 2 is 1.95 bits per heavy atom. The molecule has 0 unspecified atom stereocenters. The van der Waals surface area contributed by atoms with Gasteiger partial charge in [0.1, 0.15) is 12.4 Å². The van der Waals surface area contributed by atoms with Crippen molar-refractivity contribution in [3.63, 3.8) is 0 Å². The Kier molecular flexibility index (Phi) is 8.26. The zero-order valence-electron chi connectivity index (χ0n) is 13.2. The summed E-state index contributed by atoms with van der Waals surface area (Å²) in [6.07, 6.45) is 0. The Morgan fingerprint density at radius 1 is 1.20 bits per heavy atom. The van der Waals surface area contributed by atoms with Crippen molar-refractivity contribution in [2.75, 3.05) is 40.5 Å². The van der Waals surface area contributed by atoms with Crippen LogP contribution in [0.15, 0.2) is 24.3 Å². The molecule has 1 aromatic carbocycles. The van der Waals surface area contributed by atoms with Gasteiger partial charge in [-0.2, -0.15) is 0 Å². The summed E-state index contributed by atoms with van der Waals surface area (Å²) in [5.41, 5.74) is 1.24. The van der Waals surface area contributed by atoms with Crippen LogP contribution in [0.3, 0.4) is 0 Å². The van der Waals surface area contributed by atoms with E-state index in [1.54, 1.807) is 7.11 Å². The summed E-state index contributed by atoms with van der Waals surface area (Å²) in [6, 6.07) is 8.74. The molecule has 4 heteroatoms. The number of ether oxygens (including phenoxy) is 2. The van der Waals surface area contributed by atoms with Crippen molar-refractivity contribution < 1.29 is 9.47 Å². The number of methoxy groups -OCH3 is 1. The van der Waals surface area contributed by atoms with Crippen LogP contribution in [0, 0.1) is 0 Å². The third kappa shape index (κ3) is 6.37. The molecule has 0 radical (unpaired) electrons. The van der Waals surface area contributed by atoms with E-state index in [2.05, 4.69) is 36.2 Å². The first-order valence-corrected chi connectivity index (χ1v) is 7.26. The summed E-state index contributed by atoms with van der Waals surface area (Å²) in [5.74, 6) is 0.938. The molecule has 0 atom stereocenters. The molecular weight excluding hydrogens is 252 g/mol. The van der Waals surface area contributed by atoms with Crippen molar-refractivity contribution in [3.05, 3.63) is 29.8 Å². The lowest BCUT2D eigenvalue weighted by molar-refractivity contribution is 0.116. The molecule has 0 spiro atoms. The number of benzene rings is 1. The predicted molar refractivity (Wildman–Crippen MR) is 83.3 cm³/mol. The highest BCUT2D eigenvalue weighted by molar-refractivity contribution is 5.28. The summed E-state index contributed by atoms with van der Waals surface area (Å²) < 4.78 is 11.0. The van der Waals surface area contributed by atoms with Gasteiger partial charge < -0.3 is 14.8 Å². The number of nitrogens with zero attached hydrogens (tertiary/aromatic N) is 1. The average Bonchev–Trinajstić information content (AvgIpc) is 2.43. The van der Waals surface area contributed by atoms with Crippen LogP contribution in [0.5, 0.6) is 5.75 Å². The Bertz CT molecular complexity index is 369. The summed E-state index contributed by atoms with van der Waals surface area (Å²) in [4.78, 5) is 2.36. The molecule has 0 saturated heterocycles. The normalized spacial score (nSPS) is 11.3. The van der Waals surface area contributed by atoms with Gasteiger partial charge in [-0.25, -0.2) is 0 Å². The Hall–Kier alpha value is -1.10. The van der Waals surface area contributed by atoms with Crippen molar-refractivity contribution in [2.24, 2.45) is 0 Å². The third-order valence-electron chi connectivity index (χ3n) is 3.24. The van der Waals surface area contributed by atoms with Crippen molar-refractivity contribution >= 4 is 0 Å². The van der Waals surface area contributed by atoms with E-state index in [1.807, 2.05) is 19.2 Å². The minimum atomic E-state index is 0.504. The molecule has 1 aromatic rings. The van der Waals surface area contributed by atoms with Crippen molar-refractivity contribution in [3.8, 4) is 5.75 Å². The molecule has 0 amide bonds. The van der Waals surface area contributed by atoms with Gasteiger partial charge in [-0.1, -0.05) is 12.1 Å². The SMILES string of the molecule is CNCc1cccc(OCCN(CCOC)C(C)C)c1. The zero-order valence-corrected chi connectivity index (χ0v) is 13.2. The predicted octanol–water partition coefficient (Wildman–Crippen LogP) is 2.14. The van der Waals surface area contributed by atoms with Crippen LogP contribution < -0.4 is 10.1 Å². The van der Waals surface area contributed by atoms with Gasteiger partial charge in [0.15, 0.2) is 0 Å². The van der Waals surface area contributed by atoms with Crippen LogP contribution in [0.25, 0.3) is 0 Å². The van der Waals surface area contributed by atoms with E-state index >= 15 is 0 Å². The first kappa shape index (κ1) is 17.0. The highest BCUT2D eigenvalue weighted by Gasteiger charge is 2.08. The second-order valence-electron chi connectivity index (χ2n) is 5.15. The second-order valence-corrected chi connectivity index (χ2v) is 5.15. The molecule has 0 aliphatic rings. The molecule has 0 bridgehead atoms. The molecule has 0 aromatic heterocycles. The smallest absolute Gasteiger partial charge is 0.119 e. The molecule has 1 rings (SSSR count). The maximum Gasteiger partial charge on any atom is 0.119 e. The van der Waals surface area contributed by atoms with E-state index in [4.69, 9.17) is 9.47 Å². The van der Waals surface area contributed by atoms with Gasteiger partial charge in [0.25, 0.3) is 0 Å². The number of hydrogen-bond donors (Lipinski definition) is 1. The van der Waals surface area contributed by atoms with Crippen LogP contribution in [0.2, 0.25) is 0 Å². The van der Waals surface area contributed by atoms with E-state index in [0.29, 0.717) is 12.6 Å². The fraction of sp³-hybridized carbons (Fsp3) is 0.625. The molecule has 1 N–H and O–H groups in total. The molecule has 0 saturated carbocycles. The second kappa shape index (κ2) is 9.75. The van der Waals surface area contributed by atoms with Crippen LogP contribution in [-0.2, 0) is 11.3 Å². The summed E-state index contributed by atoms with van der Waals surface area (Å²) in [6.45, 7) is 8.57. The lowest BCUT2D eigenvalue weighted by atomic mass is 10.2. The number of nitrogens with one attached hydrogen (secondary N) is 1. The summed E-state index contributed by atoms with van der Waals surface area (Å²) >= 11 is 0. The maximum absolute atomic E-state index is 5.84. The molecule has 0 heterocycles. The lowest BCUT2D eigenvalue weighted by Gasteiger charge is -2.26. The van der Waals surface area contributed by atoms with E-state index < -0.39 is 0 Å². The zero-order chi connectivity index (χ0) is 14.8. The Balaban J connectivity index is 2.39. The van der Waals surface area contributed by atoms with Crippen LogP contribution in [0.1, 0.15) is 19.4 Å². The highest BCUT2D eigenvalue weighted by Crippen LogP contribution is 2.13. The molecule has 0 aliphatic carbocycles. The van der Waals surface area contributed by atoms with E-state index in [1.165, 1.54) is 5.56 Å². The van der Waals surface area contributed by atoms with Gasteiger partial charge in [-0.05, 0) is 38.6 Å². The molecular formula is C16H28N2O2. The highest BCUT2D eigenvalue weighted by atomic mass is 16.5. The quantitative estimate of drug-likeness (QED) is 0.712. The first-order chi connectivity index (χ1) is 9.67. The first-order valence-electron chi connectivity index (χ1n) is 7.26. The van der Waals surface area contributed by atoms with Crippen molar-refractivity contribution in [1.82, 2.24) is 10.2 Å². The Morgan fingerprint density at radius 3 is 2.60 bits per heavy atom. The largest absolute Gasteiger partial charge is 0.492 e. The van der Waals surface area contributed by atoms with Crippen molar-refractivity contribution in [1.29, 1.82) is 0 Å². The molecule has 20 heavy (non-hydrogen) atoms. The maximum atomic E-state index is 5.84. The van der Waals surface area contributed by atoms with E-state index in [-0.39, 0.29) is 0 Å². The van der Waals surface area contributed by atoms with E-state index in [0.717, 1.165) is 32.0 Å². The van der Waals surface area contributed by atoms with Gasteiger partial charge >= 0.3 is 0 Å². The molecule has 0 aliphatic heterocycles. The summed E-state index contributed by atoms with van der Waals surface area (Å²) in [5, 5.41) is 3.15. The Labute approximate surface area is 123 Å². The molecule has 114 valence electrons. The molecule has 4 nitrogen and oxygen atoms in total. The standard InChI is InChI=1S/C16H28N2O2/c1-14(2)18(8-10-19-4)9-11-20-16-7-5-6-15(12-16)13-17-3/h5-7,12,14,17H,8-11,13H2,1-4H3. The third-order valence-corrected chi connectivity index (χ3v) is 3.24. The fourth-order valence-electron chi connectivity index (χ4n) is 2.07. The average molecular weight is 280 g/mol. The minimum absolute atomic E-state index is 0.504. The van der Waals surface area contributed by atoms with Crippen molar-refractivity contribution in [2.45, 2.75) is 26.4 Å². The number of hydrogen-bond acceptors (Lipinski definition) is 4. The van der Waals surface area contributed by atoms with Crippen LogP contribution >= 0.6 is 0 Å². The van der Waals surface area contributed by atoms with E-state index in [9.17, 15) is 0 Å². The fourth-order valence-corrected chi connectivity index (χ4v) is 2.07. The minimum Gasteiger partial charge on any atom is -0.492 e. The lowest BCUT2D eigenvalue weighted by Crippen LogP contribution is -2.37. The monoisotopic (exact) mass is 280 g/mol. The van der Waals surface area contributed by atoms with Crippen LogP contribution in [-0.4, -0.2) is 51.4 Å². The van der Waals surface area contributed by atoms with Gasteiger partial charge in [0.05, 0.1) is 6.61 Å². The number of rotatable bonds is 10. The van der Waals surface area contributed by atoms with Gasteiger partial charge in [-0.3, -0.25) is 4.90 Å². The van der Waals surface area contributed by atoms with Crippen LogP contribution in [0.4, 0.5) is 0 Å². The summed E-state index contributed by atoms with van der Waals surface area (Å²) in [7, 11) is 3.69.